The van der Waals surface area contributed by atoms with Gasteiger partial charge in [-0.3, -0.25) is 9.78 Å². The van der Waals surface area contributed by atoms with Crippen molar-refractivity contribution in [3.05, 3.63) is 35.1 Å². The fourth-order valence-corrected chi connectivity index (χ4v) is 2.03. The summed E-state index contributed by atoms with van der Waals surface area (Å²) < 4.78 is 0. The summed E-state index contributed by atoms with van der Waals surface area (Å²) in [5, 5.41) is 2.62. The van der Waals surface area contributed by atoms with Gasteiger partial charge in [-0.25, -0.2) is 4.98 Å². The first kappa shape index (κ1) is 9.02. The molecule has 4 heteroatoms. The van der Waals surface area contributed by atoms with Crippen molar-refractivity contribution in [3.63, 3.8) is 0 Å². The molecule has 2 heterocycles. The molecular formula is C10H8N2OS. The van der Waals surface area contributed by atoms with Gasteiger partial charge in [0.2, 0.25) is 0 Å². The molecule has 2 aromatic heterocycles. The van der Waals surface area contributed by atoms with Gasteiger partial charge in [-0.05, 0) is 18.6 Å². The Morgan fingerprint density at radius 1 is 1.50 bits per heavy atom. The standard InChI is InChI=1S/C10H8N2OS/c1-7-4-11-3-2-9(7)10-12-8(5-13)6-14-10/h2-6H,1H3. The zero-order chi connectivity index (χ0) is 9.97. The number of carbonyl (C=O) groups excluding carboxylic acids is 1. The molecule has 0 atom stereocenters. The summed E-state index contributed by atoms with van der Waals surface area (Å²) >= 11 is 1.47. The minimum atomic E-state index is 0.487. The van der Waals surface area contributed by atoms with E-state index in [2.05, 4.69) is 9.97 Å². The topological polar surface area (TPSA) is 42.9 Å². The van der Waals surface area contributed by atoms with Crippen LogP contribution in [0.3, 0.4) is 0 Å². The first-order chi connectivity index (χ1) is 6.81. The van der Waals surface area contributed by atoms with Gasteiger partial charge >= 0.3 is 0 Å². The Bertz CT molecular complexity index is 465. The Balaban J connectivity index is 2.49. The van der Waals surface area contributed by atoms with Gasteiger partial charge in [-0.15, -0.1) is 11.3 Å². The first-order valence-electron chi connectivity index (χ1n) is 4.13. The molecule has 0 fully saturated rings. The summed E-state index contributed by atoms with van der Waals surface area (Å²) in [7, 11) is 0. The van der Waals surface area contributed by atoms with Gasteiger partial charge < -0.3 is 0 Å². The second-order valence-corrected chi connectivity index (χ2v) is 3.74. The van der Waals surface area contributed by atoms with Crippen molar-refractivity contribution < 1.29 is 4.79 Å². The van der Waals surface area contributed by atoms with E-state index in [0.717, 1.165) is 22.4 Å². The Kier molecular flexibility index (Phi) is 2.37. The van der Waals surface area contributed by atoms with Crippen LogP contribution in [0.4, 0.5) is 0 Å². The number of nitrogens with zero attached hydrogens (tertiary/aromatic N) is 2. The van der Waals surface area contributed by atoms with Crippen molar-refractivity contribution in [1.29, 1.82) is 0 Å². The lowest BCUT2D eigenvalue weighted by Crippen LogP contribution is -1.84. The highest BCUT2D eigenvalue weighted by atomic mass is 32.1. The Labute approximate surface area is 85.5 Å². The molecule has 0 aliphatic rings. The van der Waals surface area contributed by atoms with E-state index < -0.39 is 0 Å². The normalized spacial score (nSPS) is 10.1. The van der Waals surface area contributed by atoms with E-state index in [0.29, 0.717) is 5.69 Å². The molecule has 70 valence electrons. The highest BCUT2D eigenvalue weighted by Gasteiger charge is 2.05. The lowest BCUT2D eigenvalue weighted by Gasteiger charge is -1.98. The fraction of sp³-hybridized carbons (Fsp3) is 0.100. The van der Waals surface area contributed by atoms with Crippen LogP contribution >= 0.6 is 11.3 Å². The number of aromatic nitrogens is 2. The van der Waals surface area contributed by atoms with Gasteiger partial charge in [0.25, 0.3) is 0 Å². The number of thiazole rings is 1. The summed E-state index contributed by atoms with van der Waals surface area (Å²) in [6.45, 7) is 1.98. The molecule has 0 aliphatic carbocycles. The molecule has 14 heavy (non-hydrogen) atoms. The van der Waals surface area contributed by atoms with Crippen molar-refractivity contribution in [2.24, 2.45) is 0 Å². The molecule has 0 spiro atoms. The van der Waals surface area contributed by atoms with Crippen molar-refractivity contribution in [2.75, 3.05) is 0 Å². The minimum absolute atomic E-state index is 0.487. The largest absolute Gasteiger partial charge is 0.296 e. The molecule has 2 rings (SSSR count). The van der Waals surface area contributed by atoms with E-state index in [1.54, 1.807) is 17.8 Å². The number of hydrogen-bond donors (Lipinski definition) is 0. The third kappa shape index (κ3) is 1.56. The van der Waals surface area contributed by atoms with Gasteiger partial charge in [-0.1, -0.05) is 0 Å². The Hall–Kier alpha value is -1.55. The van der Waals surface area contributed by atoms with Crippen LogP contribution in [0.5, 0.6) is 0 Å². The quantitative estimate of drug-likeness (QED) is 0.705. The third-order valence-electron chi connectivity index (χ3n) is 1.89. The van der Waals surface area contributed by atoms with Gasteiger partial charge in [0, 0.05) is 23.3 Å². The molecule has 0 radical (unpaired) electrons. The van der Waals surface area contributed by atoms with E-state index in [1.807, 2.05) is 13.0 Å². The third-order valence-corrected chi connectivity index (χ3v) is 2.79. The molecule has 0 aromatic carbocycles. The highest BCUT2D eigenvalue weighted by molar-refractivity contribution is 7.13. The summed E-state index contributed by atoms with van der Waals surface area (Å²) in [6, 6.07) is 1.91. The van der Waals surface area contributed by atoms with Crippen LogP contribution in [0, 0.1) is 6.92 Å². The van der Waals surface area contributed by atoms with Crippen LogP contribution in [0.2, 0.25) is 0 Å². The van der Waals surface area contributed by atoms with E-state index in [1.165, 1.54) is 11.3 Å². The lowest BCUT2D eigenvalue weighted by atomic mass is 10.2. The van der Waals surface area contributed by atoms with Crippen molar-refractivity contribution in [1.82, 2.24) is 9.97 Å². The summed E-state index contributed by atoms with van der Waals surface area (Å²) in [5.41, 5.74) is 2.60. The molecule has 3 nitrogen and oxygen atoms in total. The molecule has 0 saturated heterocycles. The molecule has 0 aliphatic heterocycles. The molecular weight excluding hydrogens is 196 g/mol. The number of carbonyl (C=O) groups is 1. The summed E-state index contributed by atoms with van der Waals surface area (Å²) in [4.78, 5) is 18.7. The average Bonchev–Trinajstić information content (AvgIpc) is 2.67. The Morgan fingerprint density at radius 3 is 3.00 bits per heavy atom. The zero-order valence-electron chi connectivity index (χ0n) is 7.60. The summed E-state index contributed by atoms with van der Waals surface area (Å²) in [6.07, 6.45) is 4.28. The molecule has 2 aromatic rings. The van der Waals surface area contributed by atoms with Crippen LogP contribution < -0.4 is 0 Å². The predicted molar refractivity (Wildman–Crippen MR) is 55.5 cm³/mol. The number of hydrogen-bond acceptors (Lipinski definition) is 4. The number of aryl methyl sites for hydroxylation is 1. The van der Waals surface area contributed by atoms with Gasteiger partial charge in [0.15, 0.2) is 6.29 Å². The SMILES string of the molecule is Cc1cnccc1-c1nc(C=O)cs1. The summed E-state index contributed by atoms with van der Waals surface area (Å²) in [5.74, 6) is 0. The van der Waals surface area contributed by atoms with Crippen molar-refractivity contribution >= 4 is 17.6 Å². The molecule has 0 bridgehead atoms. The van der Waals surface area contributed by atoms with Gasteiger partial charge in [0.05, 0.1) is 0 Å². The first-order valence-corrected chi connectivity index (χ1v) is 5.01. The van der Waals surface area contributed by atoms with Crippen molar-refractivity contribution in [3.8, 4) is 10.6 Å². The van der Waals surface area contributed by atoms with Crippen LogP contribution in [-0.2, 0) is 0 Å². The average molecular weight is 204 g/mol. The fourth-order valence-electron chi connectivity index (χ4n) is 1.18. The molecule has 0 N–H and O–H groups in total. The smallest absolute Gasteiger partial charge is 0.169 e. The number of rotatable bonds is 2. The maximum absolute atomic E-state index is 10.5. The van der Waals surface area contributed by atoms with Crippen LogP contribution in [0.15, 0.2) is 23.8 Å². The highest BCUT2D eigenvalue weighted by Crippen LogP contribution is 2.25. The number of pyridine rings is 1. The maximum Gasteiger partial charge on any atom is 0.169 e. The Morgan fingerprint density at radius 2 is 2.36 bits per heavy atom. The van der Waals surface area contributed by atoms with Gasteiger partial charge in [-0.2, -0.15) is 0 Å². The van der Waals surface area contributed by atoms with Crippen LogP contribution in [0.1, 0.15) is 16.1 Å². The number of aldehydes is 1. The molecule has 0 saturated carbocycles. The maximum atomic E-state index is 10.5. The van der Waals surface area contributed by atoms with Gasteiger partial charge in [0.1, 0.15) is 10.7 Å². The lowest BCUT2D eigenvalue weighted by molar-refractivity contribution is 0.111. The van der Waals surface area contributed by atoms with E-state index in [4.69, 9.17) is 0 Å². The second-order valence-electron chi connectivity index (χ2n) is 2.89. The van der Waals surface area contributed by atoms with Crippen LogP contribution in [0.25, 0.3) is 10.6 Å². The van der Waals surface area contributed by atoms with E-state index in [9.17, 15) is 4.79 Å². The van der Waals surface area contributed by atoms with Crippen molar-refractivity contribution in [2.45, 2.75) is 6.92 Å². The van der Waals surface area contributed by atoms with E-state index in [-0.39, 0.29) is 0 Å². The monoisotopic (exact) mass is 204 g/mol. The molecule has 0 amide bonds. The van der Waals surface area contributed by atoms with E-state index >= 15 is 0 Å². The predicted octanol–water partition coefficient (Wildman–Crippen LogP) is 2.33. The second kappa shape index (κ2) is 3.67. The zero-order valence-corrected chi connectivity index (χ0v) is 8.41. The minimum Gasteiger partial charge on any atom is -0.296 e. The molecule has 0 unspecified atom stereocenters. The van der Waals surface area contributed by atoms with Crippen LogP contribution in [-0.4, -0.2) is 16.3 Å².